The number of aryl methyl sites for hydroxylation is 2. The Morgan fingerprint density at radius 1 is 1.26 bits per heavy atom. The van der Waals surface area contributed by atoms with Crippen molar-refractivity contribution >= 4 is 33.5 Å². The zero-order chi connectivity index (χ0) is 18.8. The first-order valence-corrected chi connectivity index (χ1v) is 9.96. The van der Waals surface area contributed by atoms with Crippen LogP contribution in [-0.2, 0) is 4.79 Å². The van der Waals surface area contributed by atoms with Gasteiger partial charge in [-0.2, -0.15) is 0 Å². The maximum Gasteiger partial charge on any atom is 0.274 e. The van der Waals surface area contributed by atoms with Crippen molar-refractivity contribution in [2.24, 2.45) is 0 Å². The molecular formula is C21H22N2O3S. The van der Waals surface area contributed by atoms with Crippen LogP contribution in [-0.4, -0.2) is 35.0 Å². The average molecular weight is 382 g/mol. The average Bonchev–Trinajstić information content (AvgIpc) is 3.34. The number of furan rings is 1. The Labute approximate surface area is 162 Å². The summed E-state index contributed by atoms with van der Waals surface area (Å²) in [6.45, 7) is 5.56. The summed E-state index contributed by atoms with van der Waals surface area (Å²) in [5.41, 5.74) is 3.43. The fourth-order valence-electron chi connectivity index (χ4n) is 3.27. The summed E-state index contributed by atoms with van der Waals surface area (Å²) in [5, 5.41) is 0.727. The second kappa shape index (κ2) is 7.56. The number of piperidine rings is 1. The molecule has 0 spiro atoms. The molecule has 1 amide bonds. The maximum atomic E-state index is 12.3. The number of hydrogen-bond acceptors (Lipinski definition) is 5. The number of aromatic nitrogens is 1. The fourth-order valence-corrected chi connectivity index (χ4v) is 4.30. The van der Waals surface area contributed by atoms with Crippen molar-refractivity contribution in [2.45, 2.75) is 32.8 Å². The molecule has 1 fully saturated rings. The maximum absolute atomic E-state index is 12.3. The molecule has 27 heavy (non-hydrogen) atoms. The Kier molecular flexibility index (Phi) is 4.99. The van der Waals surface area contributed by atoms with Crippen molar-refractivity contribution < 1.29 is 13.9 Å². The zero-order valence-electron chi connectivity index (χ0n) is 15.5. The summed E-state index contributed by atoms with van der Waals surface area (Å²) in [5.74, 6) is 0.694. The van der Waals surface area contributed by atoms with E-state index in [2.05, 4.69) is 31.0 Å². The number of likely N-dealkylation sites (tertiary alicyclic amines) is 1. The molecule has 3 aromatic rings. The summed E-state index contributed by atoms with van der Waals surface area (Å²) in [6.07, 6.45) is 6.60. The van der Waals surface area contributed by atoms with Crippen LogP contribution in [0.3, 0.4) is 0 Å². The summed E-state index contributed by atoms with van der Waals surface area (Å²) in [6, 6.07) is 7.85. The van der Waals surface area contributed by atoms with Crippen LogP contribution in [0.1, 0.15) is 29.7 Å². The first-order chi connectivity index (χ1) is 13.1. The van der Waals surface area contributed by atoms with E-state index < -0.39 is 0 Å². The van der Waals surface area contributed by atoms with Gasteiger partial charge in [-0.15, -0.1) is 0 Å². The molecule has 0 aliphatic carbocycles. The molecule has 1 saturated heterocycles. The topological polar surface area (TPSA) is 55.6 Å². The highest BCUT2D eigenvalue weighted by Crippen LogP contribution is 2.33. The Balaban J connectivity index is 1.35. The molecule has 0 radical (unpaired) electrons. The van der Waals surface area contributed by atoms with Crippen LogP contribution >= 0.6 is 11.3 Å². The number of nitrogens with zero attached hydrogens (tertiary/aromatic N) is 2. The molecule has 2 aromatic heterocycles. The first-order valence-electron chi connectivity index (χ1n) is 9.14. The van der Waals surface area contributed by atoms with E-state index in [1.54, 1.807) is 35.8 Å². The van der Waals surface area contributed by atoms with E-state index in [-0.39, 0.29) is 12.0 Å². The second-order valence-electron chi connectivity index (χ2n) is 6.85. The predicted octanol–water partition coefficient (Wildman–Crippen LogP) is 4.59. The number of carbonyl (C=O) groups excluding carboxylic acids is 1. The van der Waals surface area contributed by atoms with E-state index >= 15 is 0 Å². The van der Waals surface area contributed by atoms with Crippen LogP contribution in [0.5, 0.6) is 5.19 Å². The van der Waals surface area contributed by atoms with Gasteiger partial charge < -0.3 is 14.1 Å². The molecule has 0 saturated carbocycles. The van der Waals surface area contributed by atoms with Crippen molar-refractivity contribution in [1.29, 1.82) is 0 Å². The number of thiazole rings is 1. The van der Waals surface area contributed by atoms with E-state index in [0.29, 0.717) is 18.8 Å². The molecule has 6 heteroatoms. The van der Waals surface area contributed by atoms with Gasteiger partial charge >= 0.3 is 0 Å². The number of benzene rings is 1. The Hall–Kier alpha value is -2.60. The minimum Gasteiger partial charge on any atom is -0.467 e. The molecule has 0 N–H and O–H groups in total. The summed E-state index contributed by atoms with van der Waals surface area (Å²) >= 11 is 1.61. The molecular weight excluding hydrogens is 360 g/mol. The summed E-state index contributed by atoms with van der Waals surface area (Å²) in [4.78, 5) is 18.8. The first kappa shape index (κ1) is 17.8. The lowest BCUT2D eigenvalue weighted by atomic mass is 10.1. The standard InChI is InChI=1S/C21H22N2O3S/c1-14-5-6-15(2)20-19(14)22-21(27-20)26-17-9-11-23(12-10-17)18(24)8-7-16-4-3-13-25-16/h3-8,13,17H,9-12H2,1-2H3/b8-7+. The largest absolute Gasteiger partial charge is 0.467 e. The normalized spacial score (nSPS) is 15.7. The monoisotopic (exact) mass is 382 g/mol. The van der Waals surface area contributed by atoms with Crippen LogP contribution in [0.25, 0.3) is 16.3 Å². The van der Waals surface area contributed by atoms with Crippen LogP contribution in [0.2, 0.25) is 0 Å². The SMILES string of the molecule is Cc1ccc(C)c2sc(OC3CCN(C(=O)/C=C/c4ccco4)CC3)nc12. The number of fused-ring (bicyclic) bond motifs is 1. The molecule has 5 nitrogen and oxygen atoms in total. The van der Waals surface area contributed by atoms with Gasteiger partial charge in [0.05, 0.1) is 16.5 Å². The third kappa shape index (κ3) is 3.90. The summed E-state index contributed by atoms with van der Waals surface area (Å²) < 4.78 is 12.5. The van der Waals surface area contributed by atoms with Gasteiger partial charge in [-0.3, -0.25) is 4.79 Å². The van der Waals surface area contributed by atoms with Gasteiger partial charge in [0.15, 0.2) is 0 Å². The Morgan fingerprint density at radius 3 is 2.74 bits per heavy atom. The van der Waals surface area contributed by atoms with E-state index in [9.17, 15) is 4.79 Å². The summed E-state index contributed by atoms with van der Waals surface area (Å²) in [7, 11) is 0. The molecule has 3 heterocycles. The molecule has 1 aliphatic rings. The van der Waals surface area contributed by atoms with Crippen molar-refractivity contribution in [3.05, 3.63) is 53.5 Å². The van der Waals surface area contributed by atoms with Crippen LogP contribution in [0.4, 0.5) is 0 Å². The van der Waals surface area contributed by atoms with Crippen LogP contribution in [0.15, 0.2) is 41.0 Å². The number of carbonyl (C=O) groups is 1. The van der Waals surface area contributed by atoms with Gasteiger partial charge in [0, 0.05) is 32.0 Å². The van der Waals surface area contributed by atoms with Gasteiger partial charge in [0.1, 0.15) is 11.9 Å². The van der Waals surface area contributed by atoms with Crippen LogP contribution < -0.4 is 4.74 Å². The molecule has 4 rings (SSSR count). The number of amides is 1. The van der Waals surface area contributed by atoms with E-state index in [0.717, 1.165) is 23.6 Å². The number of rotatable bonds is 4. The van der Waals surface area contributed by atoms with Gasteiger partial charge in [0.25, 0.3) is 5.19 Å². The molecule has 1 aromatic carbocycles. The highest BCUT2D eigenvalue weighted by Gasteiger charge is 2.24. The predicted molar refractivity (Wildman–Crippen MR) is 107 cm³/mol. The minimum absolute atomic E-state index is 0.0103. The molecule has 140 valence electrons. The second-order valence-corrected chi connectivity index (χ2v) is 7.81. The fraction of sp³-hybridized carbons (Fsp3) is 0.333. The van der Waals surface area contributed by atoms with Gasteiger partial charge in [-0.1, -0.05) is 23.5 Å². The quantitative estimate of drug-likeness (QED) is 0.619. The van der Waals surface area contributed by atoms with Crippen molar-refractivity contribution in [1.82, 2.24) is 9.88 Å². The minimum atomic E-state index is 0.0103. The Morgan fingerprint density at radius 2 is 2.04 bits per heavy atom. The molecule has 0 bridgehead atoms. The van der Waals surface area contributed by atoms with Crippen molar-refractivity contribution in [3.8, 4) is 5.19 Å². The van der Waals surface area contributed by atoms with E-state index in [1.165, 1.54) is 15.8 Å². The smallest absolute Gasteiger partial charge is 0.274 e. The lowest BCUT2D eigenvalue weighted by molar-refractivity contribution is -0.127. The lowest BCUT2D eigenvalue weighted by Crippen LogP contribution is -2.41. The molecule has 0 atom stereocenters. The third-order valence-corrected chi connectivity index (χ3v) is 5.96. The van der Waals surface area contributed by atoms with Crippen molar-refractivity contribution in [3.63, 3.8) is 0 Å². The molecule has 0 unspecified atom stereocenters. The van der Waals surface area contributed by atoms with E-state index in [1.807, 2.05) is 11.0 Å². The van der Waals surface area contributed by atoms with Crippen LogP contribution in [0, 0.1) is 13.8 Å². The highest BCUT2D eigenvalue weighted by molar-refractivity contribution is 7.20. The van der Waals surface area contributed by atoms with Gasteiger partial charge in [-0.25, -0.2) is 4.98 Å². The van der Waals surface area contributed by atoms with Gasteiger partial charge in [0.2, 0.25) is 5.91 Å². The third-order valence-electron chi connectivity index (χ3n) is 4.88. The highest BCUT2D eigenvalue weighted by atomic mass is 32.1. The Bertz CT molecular complexity index is 928. The number of ether oxygens (including phenoxy) is 1. The number of hydrogen-bond donors (Lipinski definition) is 0. The van der Waals surface area contributed by atoms with Crippen molar-refractivity contribution in [2.75, 3.05) is 13.1 Å². The zero-order valence-corrected chi connectivity index (χ0v) is 16.3. The molecule has 1 aliphatic heterocycles. The van der Waals surface area contributed by atoms with Gasteiger partial charge in [-0.05, 0) is 43.2 Å². The van der Waals surface area contributed by atoms with E-state index in [4.69, 9.17) is 9.15 Å². The lowest BCUT2D eigenvalue weighted by Gasteiger charge is -2.30.